The van der Waals surface area contributed by atoms with Crippen molar-refractivity contribution in [3.05, 3.63) is 48.0 Å². The normalized spacial score (nSPS) is 23.1. The maximum absolute atomic E-state index is 15.2. The standard InChI is InChI=1S/C24H27FN6O3S.C2HF3O2/c1-23(14-35(32,27-2)24(22(26)30-23)8-4-5-9-24)17-10-15(6-7-18(17)25)20-11-19(31-34-20)21-28-12-16(33-3)13-29-21;3-2(4,5)1(6)7/h6-7,10-13H,4-5,8-9,14H2,1-3H3,(H2,26,30);(H,6,7)/t23-,35-;/m0./s1. The Bertz CT molecular complexity index is 1630. The van der Waals surface area contributed by atoms with Crippen LogP contribution in [0.25, 0.3) is 22.8 Å². The molecule has 1 spiro atoms. The van der Waals surface area contributed by atoms with E-state index in [0.29, 0.717) is 47.3 Å². The molecule has 11 nitrogen and oxygen atoms in total. The highest BCUT2D eigenvalue weighted by Gasteiger charge is 2.54. The molecular weight excluding hydrogens is 584 g/mol. The molecule has 3 N–H and O–H groups in total. The van der Waals surface area contributed by atoms with E-state index in [1.807, 2.05) is 0 Å². The molecule has 5 rings (SSSR count). The molecule has 2 atom stereocenters. The molecule has 1 aromatic carbocycles. The van der Waals surface area contributed by atoms with Crippen LogP contribution in [0.2, 0.25) is 0 Å². The number of methoxy groups -OCH3 is 1. The Morgan fingerprint density at radius 3 is 2.36 bits per heavy atom. The molecule has 0 saturated heterocycles. The fraction of sp³-hybridized carbons (Fsp3) is 0.423. The van der Waals surface area contributed by atoms with E-state index < -0.39 is 38.0 Å². The number of carbonyl (C=O) groups is 1. The van der Waals surface area contributed by atoms with Gasteiger partial charge in [0.15, 0.2) is 23.0 Å². The zero-order valence-corrected chi connectivity index (χ0v) is 23.6. The first-order valence-electron chi connectivity index (χ1n) is 12.6. The van der Waals surface area contributed by atoms with Gasteiger partial charge in [-0.1, -0.05) is 18.0 Å². The lowest BCUT2D eigenvalue weighted by Gasteiger charge is -2.42. The third-order valence-corrected chi connectivity index (χ3v) is 10.7. The van der Waals surface area contributed by atoms with Crippen LogP contribution in [0.3, 0.4) is 0 Å². The Morgan fingerprint density at radius 2 is 1.81 bits per heavy atom. The average molecular weight is 613 g/mol. The van der Waals surface area contributed by atoms with Crippen LogP contribution in [0, 0.1) is 5.82 Å². The van der Waals surface area contributed by atoms with Crippen molar-refractivity contribution in [1.29, 1.82) is 0 Å². The molecule has 2 aliphatic rings. The molecule has 226 valence electrons. The summed E-state index contributed by atoms with van der Waals surface area (Å²) in [6, 6.07) is 6.26. The molecule has 1 aliphatic heterocycles. The molecule has 1 fully saturated rings. The van der Waals surface area contributed by atoms with E-state index in [2.05, 4.69) is 19.5 Å². The summed E-state index contributed by atoms with van der Waals surface area (Å²) in [5.41, 5.74) is 6.61. The van der Waals surface area contributed by atoms with Gasteiger partial charge >= 0.3 is 12.1 Å². The third kappa shape index (κ3) is 5.67. The smallest absolute Gasteiger partial charge is 0.490 e. The Hall–Kier alpha value is -4.08. The van der Waals surface area contributed by atoms with Gasteiger partial charge in [-0.05, 0) is 38.0 Å². The second kappa shape index (κ2) is 11.3. The molecule has 0 unspecified atom stereocenters. The number of benzene rings is 1. The molecule has 42 heavy (non-hydrogen) atoms. The predicted octanol–water partition coefficient (Wildman–Crippen LogP) is 4.58. The van der Waals surface area contributed by atoms with E-state index >= 15 is 4.39 Å². The molecule has 1 saturated carbocycles. The number of halogens is 4. The van der Waals surface area contributed by atoms with Crippen LogP contribution in [0.5, 0.6) is 5.75 Å². The zero-order valence-electron chi connectivity index (χ0n) is 22.8. The van der Waals surface area contributed by atoms with Crippen LogP contribution >= 0.6 is 0 Å². The quantitative estimate of drug-likeness (QED) is 0.401. The number of aromatic nitrogens is 3. The lowest BCUT2D eigenvalue weighted by Crippen LogP contribution is -2.56. The highest BCUT2D eigenvalue weighted by atomic mass is 32.2. The van der Waals surface area contributed by atoms with Gasteiger partial charge < -0.3 is 20.1 Å². The minimum Gasteiger partial charge on any atom is -0.494 e. The average Bonchev–Trinajstić information content (AvgIpc) is 3.64. The molecule has 0 radical (unpaired) electrons. The number of carboxylic acid groups (broad SMARTS) is 1. The Kier molecular flexibility index (Phi) is 8.31. The number of carboxylic acids is 1. The van der Waals surface area contributed by atoms with E-state index in [-0.39, 0.29) is 11.3 Å². The van der Waals surface area contributed by atoms with Gasteiger partial charge in [0.05, 0.1) is 35.0 Å². The summed E-state index contributed by atoms with van der Waals surface area (Å²) in [5.74, 6) is -1.52. The number of aliphatic imine (C=N–C) groups is 1. The summed E-state index contributed by atoms with van der Waals surface area (Å²) >= 11 is 0. The first kappa shape index (κ1) is 30.9. The number of amidine groups is 1. The third-order valence-electron chi connectivity index (χ3n) is 7.30. The molecule has 2 aromatic heterocycles. The van der Waals surface area contributed by atoms with Gasteiger partial charge in [0.25, 0.3) is 0 Å². The maximum Gasteiger partial charge on any atom is 0.490 e. The van der Waals surface area contributed by atoms with Gasteiger partial charge in [-0.15, -0.1) is 0 Å². The lowest BCUT2D eigenvalue weighted by atomic mass is 9.91. The topological polar surface area (TPSA) is 166 Å². The van der Waals surface area contributed by atoms with Crippen LogP contribution in [0.1, 0.15) is 38.2 Å². The lowest BCUT2D eigenvalue weighted by molar-refractivity contribution is -0.192. The maximum atomic E-state index is 15.2. The molecule has 3 heterocycles. The highest BCUT2D eigenvalue weighted by molar-refractivity contribution is 7.95. The summed E-state index contributed by atoms with van der Waals surface area (Å²) < 4.78 is 75.2. The minimum absolute atomic E-state index is 0.0961. The second-order valence-corrected chi connectivity index (χ2v) is 12.7. The fourth-order valence-corrected chi connectivity index (χ4v) is 8.18. The van der Waals surface area contributed by atoms with Crippen molar-refractivity contribution in [2.75, 3.05) is 19.9 Å². The number of hydrogen-bond donors (Lipinski definition) is 2. The summed E-state index contributed by atoms with van der Waals surface area (Å²) in [6.45, 7) is 1.76. The number of nitrogens with two attached hydrogens (primary N) is 1. The first-order chi connectivity index (χ1) is 19.7. The molecule has 1 aliphatic carbocycles. The van der Waals surface area contributed by atoms with Crippen molar-refractivity contribution >= 4 is 21.5 Å². The molecule has 0 amide bonds. The number of hydrogen-bond acceptors (Lipinski definition) is 10. The molecular formula is C26H28F4N6O5S. The van der Waals surface area contributed by atoms with Crippen molar-refractivity contribution in [3.63, 3.8) is 0 Å². The zero-order chi connectivity index (χ0) is 30.9. The second-order valence-electron chi connectivity index (χ2n) is 9.96. The number of nitrogens with zero attached hydrogens (tertiary/aromatic N) is 5. The van der Waals surface area contributed by atoms with Crippen molar-refractivity contribution < 1.29 is 40.9 Å². The van der Waals surface area contributed by atoms with Gasteiger partial charge in [-0.3, -0.25) is 4.99 Å². The van der Waals surface area contributed by atoms with Crippen LogP contribution in [-0.4, -0.2) is 67.1 Å². The van der Waals surface area contributed by atoms with E-state index in [9.17, 15) is 17.4 Å². The summed E-state index contributed by atoms with van der Waals surface area (Å²) in [5, 5.41) is 11.2. The van der Waals surface area contributed by atoms with Crippen molar-refractivity contribution in [3.8, 4) is 28.6 Å². The Labute approximate surface area is 238 Å². The van der Waals surface area contributed by atoms with Gasteiger partial charge in [0, 0.05) is 24.2 Å². The Balaban J connectivity index is 0.000000517. The first-order valence-corrected chi connectivity index (χ1v) is 14.3. The molecule has 3 aromatic rings. The minimum atomic E-state index is -5.08. The molecule has 16 heteroatoms. The van der Waals surface area contributed by atoms with E-state index in [0.717, 1.165) is 12.8 Å². The SMILES string of the molecule is CN=[S@]1(=O)C[C@@](C)(c2cc(-c3cc(-c4ncc(OC)cn4)no3)ccc2F)N=C(N)C12CCCC2.O=C(O)C(F)(F)F. The van der Waals surface area contributed by atoms with Crippen molar-refractivity contribution in [2.24, 2.45) is 15.1 Å². The van der Waals surface area contributed by atoms with E-state index in [1.165, 1.54) is 25.6 Å². The predicted molar refractivity (Wildman–Crippen MR) is 145 cm³/mol. The van der Waals surface area contributed by atoms with E-state index in [4.69, 9.17) is 29.9 Å². The van der Waals surface area contributed by atoms with Gasteiger partial charge in [0.1, 0.15) is 21.9 Å². The molecule has 0 bridgehead atoms. The van der Waals surface area contributed by atoms with Crippen LogP contribution < -0.4 is 10.5 Å². The summed E-state index contributed by atoms with van der Waals surface area (Å²) in [4.78, 5) is 22.1. The number of alkyl halides is 3. The van der Waals surface area contributed by atoms with Crippen LogP contribution in [0.15, 0.2) is 50.5 Å². The van der Waals surface area contributed by atoms with Crippen molar-refractivity contribution in [1.82, 2.24) is 15.1 Å². The van der Waals surface area contributed by atoms with Gasteiger partial charge in [-0.2, -0.15) is 13.2 Å². The highest BCUT2D eigenvalue weighted by Crippen LogP contribution is 2.46. The van der Waals surface area contributed by atoms with Crippen LogP contribution in [0.4, 0.5) is 17.6 Å². The van der Waals surface area contributed by atoms with Crippen LogP contribution in [-0.2, 0) is 20.1 Å². The fourth-order valence-electron chi connectivity index (χ4n) is 5.14. The van der Waals surface area contributed by atoms with Crippen molar-refractivity contribution in [2.45, 2.75) is 49.1 Å². The van der Waals surface area contributed by atoms with E-state index in [1.54, 1.807) is 32.2 Å². The summed E-state index contributed by atoms with van der Waals surface area (Å²) in [6.07, 6.45) is 1.21. The number of aliphatic carboxylic acids is 1. The largest absolute Gasteiger partial charge is 0.494 e. The van der Waals surface area contributed by atoms with Gasteiger partial charge in [-0.25, -0.2) is 27.7 Å². The monoisotopic (exact) mass is 612 g/mol. The summed E-state index contributed by atoms with van der Waals surface area (Å²) in [7, 11) is 0.327. The number of rotatable bonds is 4. The number of ether oxygens (including phenoxy) is 1. The Morgan fingerprint density at radius 1 is 1.19 bits per heavy atom. The van der Waals surface area contributed by atoms with Gasteiger partial charge in [0.2, 0.25) is 0 Å².